The first-order chi connectivity index (χ1) is 9.94. The molecule has 0 saturated heterocycles. The van der Waals surface area contributed by atoms with Crippen molar-refractivity contribution in [2.24, 2.45) is 0 Å². The molecule has 21 heavy (non-hydrogen) atoms. The van der Waals surface area contributed by atoms with Crippen LogP contribution in [0.1, 0.15) is 30.5 Å². The molecule has 1 heterocycles. The Kier molecular flexibility index (Phi) is 3.86. The number of halogens is 1. The highest BCUT2D eigenvalue weighted by molar-refractivity contribution is 14.1. The first-order valence-electron chi connectivity index (χ1n) is 7.24. The summed E-state index contributed by atoms with van der Waals surface area (Å²) in [5, 5.41) is 3.50. The van der Waals surface area contributed by atoms with Crippen molar-refractivity contribution in [2.75, 3.05) is 5.32 Å². The van der Waals surface area contributed by atoms with E-state index in [1.54, 1.807) is 0 Å². The Balaban J connectivity index is 1.78. The van der Waals surface area contributed by atoms with Gasteiger partial charge in [-0.2, -0.15) is 0 Å². The minimum Gasteiger partial charge on any atom is -0.487 e. The van der Waals surface area contributed by atoms with E-state index >= 15 is 0 Å². The molecule has 0 amide bonds. The molecule has 0 aliphatic carbocycles. The molecule has 2 nitrogen and oxygen atoms in total. The minimum atomic E-state index is -0.0856. The maximum Gasteiger partial charge on any atom is 0.128 e. The van der Waals surface area contributed by atoms with Crippen LogP contribution in [0.2, 0.25) is 0 Å². The smallest absolute Gasteiger partial charge is 0.128 e. The molecule has 0 radical (unpaired) electrons. The maximum absolute atomic E-state index is 6.12. The van der Waals surface area contributed by atoms with E-state index in [9.17, 15) is 0 Å². The fourth-order valence-corrected chi connectivity index (χ4v) is 3.23. The van der Waals surface area contributed by atoms with E-state index in [-0.39, 0.29) is 5.60 Å². The number of anilines is 1. The fourth-order valence-electron chi connectivity index (χ4n) is 2.72. The van der Waals surface area contributed by atoms with Crippen molar-refractivity contribution in [2.45, 2.75) is 39.3 Å². The second kappa shape index (κ2) is 5.52. The minimum absolute atomic E-state index is 0.0856. The summed E-state index contributed by atoms with van der Waals surface area (Å²) in [5.41, 5.74) is 4.93. The van der Waals surface area contributed by atoms with E-state index in [1.807, 2.05) is 0 Å². The van der Waals surface area contributed by atoms with E-state index in [2.05, 4.69) is 85.1 Å². The molecule has 0 bridgehead atoms. The molecule has 1 N–H and O–H groups in total. The van der Waals surface area contributed by atoms with Gasteiger partial charge in [-0.15, -0.1) is 0 Å². The highest BCUT2D eigenvalue weighted by Gasteiger charge is 2.31. The number of hydrogen-bond acceptors (Lipinski definition) is 2. The molecule has 3 rings (SSSR count). The van der Waals surface area contributed by atoms with E-state index in [0.717, 1.165) is 24.4 Å². The third kappa shape index (κ3) is 3.18. The first-order valence-corrected chi connectivity index (χ1v) is 8.32. The molecular formula is C18H20INO. The molecule has 3 heteroatoms. The molecule has 0 unspecified atom stereocenters. The lowest BCUT2D eigenvalue weighted by Gasteiger charge is -2.18. The molecule has 1 aliphatic heterocycles. The summed E-state index contributed by atoms with van der Waals surface area (Å²) in [6, 6.07) is 12.9. The van der Waals surface area contributed by atoms with Crippen LogP contribution in [-0.4, -0.2) is 5.60 Å². The lowest BCUT2D eigenvalue weighted by Crippen LogP contribution is -2.25. The van der Waals surface area contributed by atoms with Gasteiger partial charge in [-0.1, -0.05) is 24.3 Å². The van der Waals surface area contributed by atoms with E-state index in [1.165, 1.54) is 20.3 Å². The van der Waals surface area contributed by atoms with Gasteiger partial charge in [0, 0.05) is 27.8 Å². The van der Waals surface area contributed by atoms with Crippen LogP contribution in [0, 0.1) is 10.5 Å². The molecule has 2 aromatic rings. The van der Waals surface area contributed by atoms with Gasteiger partial charge in [0.25, 0.3) is 0 Å². The monoisotopic (exact) mass is 393 g/mol. The van der Waals surface area contributed by atoms with E-state index < -0.39 is 0 Å². The van der Waals surface area contributed by atoms with Gasteiger partial charge < -0.3 is 10.1 Å². The zero-order chi connectivity index (χ0) is 15.0. The van der Waals surface area contributed by atoms with Crippen LogP contribution >= 0.6 is 22.6 Å². The van der Waals surface area contributed by atoms with E-state index in [0.29, 0.717) is 0 Å². The van der Waals surface area contributed by atoms with Crippen LogP contribution in [0.5, 0.6) is 5.75 Å². The highest BCUT2D eigenvalue weighted by atomic mass is 127. The Morgan fingerprint density at radius 3 is 2.81 bits per heavy atom. The zero-order valence-electron chi connectivity index (χ0n) is 12.7. The second-order valence-electron chi connectivity index (χ2n) is 6.26. The third-order valence-corrected chi connectivity index (χ3v) is 4.99. The third-order valence-electron chi connectivity index (χ3n) is 3.83. The number of nitrogens with one attached hydrogen (secondary N) is 1. The van der Waals surface area contributed by atoms with Crippen LogP contribution in [0.3, 0.4) is 0 Å². The molecule has 0 aromatic heterocycles. The van der Waals surface area contributed by atoms with Gasteiger partial charge in [-0.3, -0.25) is 0 Å². The van der Waals surface area contributed by atoms with Crippen LogP contribution in [0.15, 0.2) is 36.4 Å². The van der Waals surface area contributed by atoms with Crippen molar-refractivity contribution in [3.05, 3.63) is 56.7 Å². The topological polar surface area (TPSA) is 21.3 Å². The van der Waals surface area contributed by atoms with Crippen molar-refractivity contribution < 1.29 is 4.74 Å². The maximum atomic E-state index is 6.12. The highest BCUT2D eigenvalue weighted by Crippen LogP contribution is 2.37. The quantitative estimate of drug-likeness (QED) is 0.748. The van der Waals surface area contributed by atoms with Crippen molar-refractivity contribution in [1.82, 2.24) is 0 Å². The lowest BCUT2D eigenvalue weighted by molar-refractivity contribution is 0.137. The number of aryl methyl sites for hydroxylation is 1. The normalized spacial score (nSPS) is 15.4. The number of para-hydroxylation sites is 1. The second-order valence-corrected chi connectivity index (χ2v) is 7.42. The summed E-state index contributed by atoms with van der Waals surface area (Å²) < 4.78 is 7.40. The van der Waals surface area contributed by atoms with Crippen molar-refractivity contribution >= 4 is 28.3 Å². The van der Waals surface area contributed by atoms with Crippen LogP contribution in [0.25, 0.3) is 0 Å². The fraction of sp³-hybridized carbons (Fsp3) is 0.333. The number of ether oxygens (including phenoxy) is 1. The molecule has 1 aliphatic rings. The lowest BCUT2D eigenvalue weighted by atomic mass is 10.0. The van der Waals surface area contributed by atoms with Crippen molar-refractivity contribution in [3.8, 4) is 5.75 Å². The summed E-state index contributed by atoms with van der Waals surface area (Å²) in [5.74, 6) is 1.07. The van der Waals surface area contributed by atoms with Gasteiger partial charge in [-0.25, -0.2) is 0 Å². The number of rotatable bonds is 3. The molecule has 110 valence electrons. The van der Waals surface area contributed by atoms with Gasteiger partial charge >= 0.3 is 0 Å². The van der Waals surface area contributed by atoms with Crippen LogP contribution < -0.4 is 10.1 Å². The molecule has 2 aromatic carbocycles. The Hall–Kier alpha value is -1.23. The Bertz CT molecular complexity index is 679. The standard InChI is InChI=1S/C18H20INO/c1-12-7-8-15(9-16(12)19)20-11-14-6-4-5-13-10-18(2,3)21-17(13)14/h4-9,20H,10-11H2,1-3H3. The number of benzene rings is 2. The van der Waals surface area contributed by atoms with Crippen molar-refractivity contribution in [3.63, 3.8) is 0 Å². The predicted molar refractivity (Wildman–Crippen MR) is 96.1 cm³/mol. The van der Waals surface area contributed by atoms with Gasteiger partial charge in [0.2, 0.25) is 0 Å². The summed E-state index contributed by atoms with van der Waals surface area (Å²) >= 11 is 2.37. The summed E-state index contributed by atoms with van der Waals surface area (Å²) in [6.07, 6.45) is 0.985. The molecule has 0 saturated carbocycles. The summed E-state index contributed by atoms with van der Waals surface area (Å²) in [7, 11) is 0. The summed E-state index contributed by atoms with van der Waals surface area (Å²) in [6.45, 7) is 7.21. The average Bonchev–Trinajstić information content (AvgIpc) is 2.74. The number of hydrogen-bond donors (Lipinski definition) is 1. The Morgan fingerprint density at radius 1 is 1.24 bits per heavy atom. The summed E-state index contributed by atoms with van der Waals surface area (Å²) in [4.78, 5) is 0. The molecule has 0 atom stereocenters. The Labute approximate surface area is 140 Å². The SMILES string of the molecule is Cc1ccc(NCc2cccc3c2OC(C)(C)C3)cc1I. The van der Waals surface area contributed by atoms with Gasteiger partial charge in [0.05, 0.1) is 0 Å². The van der Waals surface area contributed by atoms with Gasteiger partial charge in [0.1, 0.15) is 11.4 Å². The zero-order valence-corrected chi connectivity index (χ0v) is 14.8. The first kappa shape index (κ1) is 14.7. The molecule has 0 spiro atoms. The van der Waals surface area contributed by atoms with Crippen LogP contribution in [0.4, 0.5) is 5.69 Å². The average molecular weight is 393 g/mol. The van der Waals surface area contributed by atoms with Crippen molar-refractivity contribution in [1.29, 1.82) is 0 Å². The molecule has 0 fully saturated rings. The van der Waals surface area contributed by atoms with E-state index in [4.69, 9.17) is 4.74 Å². The largest absolute Gasteiger partial charge is 0.487 e. The predicted octanol–water partition coefficient (Wildman–Crippen LogP) is 4.93. The number of fused-ring (bicyclic) bond motifs is 1. The van der Waals surface area contributed by atoms with Gasteiger partial charge in [-0.05, 0) is 66.6 Å². The van der Waals surface area contributed by atoms with Gasteiger partial charge in [0.15, 0.2) is 0 Å². The Morgan fingerprint density at radius 2 is 2.05 bits per heavy atom. The molecular weight excluding hydrogens is 373 g/mol. The van der Waals surface area contributed by atoms with Crippen LogP contribution in [-0.2, 0) is 13.0 Å².